The second-order valence-corrected chi connectivity index (χ2v) is 5.69. The Balaban J connectivity index is 1.70. The molecule has 5 heteroatoms. The zero-order chi connectivity index (χ0) is 15.8. The van der Waals surface area contributed by atoms with Gasteiger partial charge in [-0.05, 0) is 41.9 Å². The normalized spacial score (nSPS) is 10.0. The van der Waals surface area contributed by atoms with Crippen molar-refractivity contribution in [3.05, 3.63) is 70.7 Å². The van der Waals surface area contributed by atoms with Crippen LogP contribution in [0.3, 0.4) is 0 Å². The molecule has 22 heavy (non-hydrogen) atoms. The maximum Gasteiger partial charge on any atom is 0.230 e. The van der Waals surface area contributed by atoms with Crippen LogP contribution in [0.5, 0.6) is 0 Å². The van der Waals surface area contributed by atoms with Gasteiger partial charge in [-0.2, -0.15) is 0 Å². The van der Waals surface area contributed by atoms with Gasteiger partial charge in [0.15, 0.2) is 5.11 Å². The molecule has 0 bridgehead atoms. The topological polar surface area (TPSA) is 41.1 Å². The Morgan fingerprint density at radius 1 is 1.00 bits per heavy atom. The van der Waals surface area contributed by atoms with E-state index in [-0.39, 0.29) is 12.3 Å². The summed E-state index contributed by atoms with van der Waals surface area (Å²) in [6.07, 6.45) is 1.13. The molecule has 114 valence electrons. The summed E-state index contributed by atoms with van der Waals surface area (Å²) in [5, 5.41) is 6.72. The molecule has 1 amide bonds. The fourth-order valence-electron chi connectivity index (χ4n) is 1.97. The average Bonchev–Trinajstić information content (AvgIpc) is 2.50. The molecule has 0 saturated carbocycles. The van der Waals surface area contributed by atoms with Crippen LogP contribution in [0.2, 0.25) is 5.02 Å². The first-order valence-corrected chi connectivity index (χ1v) is 7.78. The van der Waals surface area contributed by atoms with E-state index in [1.807, 2.05) is 30.3 Å². The molecule has 0 radical (unpaired) electrons. The lowest BCUT2D eigenvalue weighted by atomic mass is 10.1. The third-order valence-electron chi connectivity index (χ3n) is 3.07. The predicted molar refractivity (Wildman–Crippen MR) is 94.0 cm³/mol. The summed E-state index contributed by atoms with van der Waals surface area (Å²) in [5.41, 5.74) is 2.12. The largest absolute Gasteiger partial charge is 0.362 e. The highest BCUT2D eigenvalue weighted by Gasteiger charge is 2.05. The van der Waals surface area contributed by atoms with E-state index in [0.29, 0.717) is 16.7 Å². The minimum atomic E-state index is -0.139. The lowest BCUT2D eigenvalue weighted by molar-refractivity contribution is -0.119. The van der Waals surface area contributed by atoms with Crippen molar-refractivity contribution in [2.45, 2.75) is 12.8 Å². The molecular formula is C17H17ClN2OS. The van der Waals surface area contributed by atoms with Crippen LogP contribution in [0, 0.1) is 0 Å². The summed E-state index contributed by atoms with van der Waals surface area (Å²) in [6, 6.07) is 17.3. The number of hydrogen-bond donors (Lipinski definition) is 2. The highest BCUT2D eigenvalue weighted by Crippen LogP contribution is 2.09. The Morgan fingerprint density at radius 2 is 1.68 bits per heavy atom. The average molecular weight is 333 g/mol. The molecule has 0 aromatic heterocycles. The first-order valence-electron chi connectivity index (χ1n) is 6.99. The molecule has 0 saturated heterocycles. The highest BCUT2D eigenvalue weighted by molar-refractivity contribution is 7.80. The van der Waals surface area contributed by atoms with Gasteiger partial charge in [0.2, 0.25) is 5.91 Å². The van der Waals surface area contributed by atoms with E-state index < -0.39 is 0 Å². The maximum atomic E-state index is 11.9. The van der Waals surface area contributed by atoms with E-state index >= 15 is 0 Å². The Bertz CT molecular complexity index is 629. The van der Waals surface area contributed by atoms with Gasteiger partial charge in [-0.15, -0.1) is 0 Å². The van der Waals surface area contributed by atoms with Crippen LogP contribution in [0.4, 0.5) is 0 Å². The number of thiocarbonyl (C=S) groups is 1. The number of rotatable bonds is 5. The van der Waals surface area contributed by atoms with Gasteiger partial charge < -0.3 is 10.6 Å². The second-order valence-electron chi connectivity index (χ2n) is 4.84. The lowest BCUT2D eigenvalue weighted by Gasteiger charge is -2.09. The second kappa shape index (κ2) is 8.51. The Morgan fingerprint density at radius 3 is 2.36 bits per heavy atom. The first kappa shape index (κ1) is 16.5. The molecule has 2 aromatic rings. The molecule has 0 aliphatic rings. The molecule has 2 N–H and O–H groups in total. The van der Waals surface area contributed by atoms with Crippen molar-refractivity contribution in [1.82, 2.24) is 10.6 Å². The van der Waals surface area contributed by atoms with E-state index in [1.54, 1.807) is 12.1 Å². The van der Waals surface area contributed by atoms with Gasteiger partial charge in [-0.1, -0.05) is 54.1 Å². The first-order chi connectivity index (χ1) is 10.6. The van der Waals surface area contributed by atoms with Gasteiger partial charge in [0, 0.05) is 11.6 Å². The van der Waals surface area contributed by atoms with E-state index in [0.717, 1.165) is 12.0 Å². The van der Waals surface area contributed by atoms with Crippen molar-refractivity contribution in [1.29, 1.82) is 0 Å². The number of hydrogen-bond acceptors (Lipinski definition) is 2. The Kier molecular flexibility index (Phi) is 6.37. The third kappa shape index (κ3) is 5.84. The van der Waals surface area contributed by atoms with Crippen molar-refractivity contribution in [2.75, 3.05) is 6.54 Å². The zero-order valence-electron chi connectivity index (χ0n) is 12.0. The van der Waals surface area contributed by atoms with E-state index in [2.05, 4.69) is 22.8 Å². The number of nitrogens with one attached hydrogen (secondary N) is 2. The molecule has 3 nitrogen and oxygen atoms in total. The summed E-state index contributed by atoms with van der Waals surface area (Å²) in [7, 11) is 0. The molecule has 0 unspecified atom stereocenters. The molecular weight excluding hydrogens is 316 g/mol. The van der Waals surface area contributed by atoms with Gasteiger partial charge in [-0.3, -0.25) is 4.79 Å². The van der Waals surface area contributed by atoms with Gasteiger partial charge >= 0.3 is 0 Å². The molecule has 0 fully saturated rings. The summed E-state index contributed by atoms with van der Waals surface area (Å²) < 4.78 is 0. The third-order valence-corrected chi connectivity index (χ3v) is 3.57. The lowest BCUT2D eigenvalue weighted by Crippen LogP contribution is -2.40. The minimum absolute atomic E-state index is 0.139. The smallest absolute Gasteiger partial charge is 0.230 e. The summed E-state index contributed by atoms with van der Waals surface area (Å²) in [4.78, 5) is 11.9. The SMILES string of the molecule is O=C(Cc1ccc(Cl)cc1)NC(=S)NCCc1ccccc1. The molecule has 2 aromatic carbocycles. The van der Waals surface area contributed by atoms with E-state index in [4.69, 9.17) is 23.8 Å². The zero-order valence-corrected chi connectivity index (χ0v) is 13.6. The summed E-state index contributed by atoms with van der Waals surface area (Å²) in [5.74, 6) is -0.139. The fraction of sp³-hybridized carbons (Fsp3) is 0.176. The number of amides is 1. The van der Waals surface area contributed by atoms with Gasteiger partial charge in [-0.25, -0.2) is 0 Å². The maximum absolute atomic E-state index is 11.9. The molecule has 0 heterocycles. The fourth-order valence-corrected chi connectivity index (χ4v) is 2.31. The quantitative estimate of drug-likeness (QED) is 0.827. The van der Waals surface area contributed by atoms with Gasteiger partial charge in [0.25, 0.3) is 0 Å². The molecule has 2 rings (SSSR count). The van der Waals surface area contributed by atoms with E-state index in [9.17, 15) is 4.79 Å². The molecule has 0 aliphatic heterocycles. The van der Waals surface area contributed by atoms with Crippen LogP contribution >= 0.6 is 23.8 Å². The van der Waals surface area contributed by atoms with Crippen molar-refractivity contribution in [3.8, 4) is 0 Å². The molecule has 0 atom stereocenters. The minimum Gasteiger partial charge on any atom is -0.362 e. The molecule has 0 spiro atoms. The highest BCUT2D eigenvalue weighted by atomic mass is 35.5. The van der Waals surface area contributed by atoms with Crippen molar-refractivity contribution >= 4 is 34.8 Å². The van der Waals surface area contributed by atoms with Gasteiger partial charge in [0.05, 0.1) is 6.42 Å². The summed E-state index contributed by atoms with van der Waals surface area (Å²) in [6.45, 7) is 0.685. The van der Waals surface area contributed by atoms with Crippen LogP contribution in [0.15, 0.2) is 54.6 Å². The monoisotopic (exact) mass is 332 g/mol. The van der Waals surface area contributed by atoms with Crippen molar-refractivity contribution in [3.63, 3.8) is 0 Å². The number of halogens is 1. The Labute approximate surface area is 140 Å². The molecule has 0 aliphatic carbocycles. The van der Waals surface area contributed by atoms with Crippen LogP contribution in [-0.2, 0) is 17.6 Å². The van der Waals surface area contributed by atoms with Crippen molar-refractivity contribution in [2.24, 2.45) is 0 Å². The van der Waals surface area contributed by atoms with Gasteiger partial charge in [0.1, 0.15) is 0 Å². The Hall–Kier alpha value is -1.91. The number of carbonyl (C=O) groups excluding carboxylic acids is 1. The van der Waals surface area contributed by atoms with Crippen LogP contribution < -0.4 is 10.6 Å². The van der Waals surface area contributed by atoms with E-state index in [1.165, 1.54) is 5.56 Å². The number of benzene rings is 2. The van der Waals surface area contributed by atoms with Crippen LogP contribution in [-0.4, -0.2) is 17.6 Å². The number of carbonyl (C=O) groups is 1. The van der Waals surface area contributed by atoms with Crippen LogP contribution in [0.1, 0.15) is 11.1 Å². The van der Waals surface area contributed by atoms with Crippen molar-refractivity contribution < 1.29 is 4.79 Å². The summed E-state index contributed by atoms with van der Waals surface area (Å²) >= 11 is 10.9. The standard InChI is InChI=1S/C17H17ClN2OS/c18-15-8-6-14(7-9-15)12-16(21)20-17(22)19-11-10-13-4-2-1-3-5-13/h1-9H,10-12H2,(H2,19,20,21,22). The predicted octanol–water partition coefficient (Wildman–Crippen LogP) is 3.12. The van der Waals surface area contributed by atoms with Crippen LogP contribution in [0.25, 0.3) is 0 Å².